The Kier molecular flexibility index (Phi) is 4.70. The van der Waals surface area contributed by atoms with Crippen LogP contribution in [0.1, 0.15) is 83.5 Å². The Labute approximate surface area is 171 Å². The average Bonchev–Trinajstić information content (AvgIpc) is 2.58. The molecule has 8 rings (SSSR count). The molecule has 8 aliphatic rings. The van der Waals surface area contributed by atoms with E-state index in [-0.39, 0.29) is 0 Å². The van der Waals surface area contributed by atoms with Crippen molar-refractivity contribution in [3.8, 4) is 0 Å². The normalized spacial score (nSPS) is 55.0. The Morgan fingerprint density at radius 3 is 1.73 bits per heavy atom. The van der Waals surface area contributed by atoms with E-state index in [4.69, 9.17) is 0 Å². The van der Waals surface area contributed by atoms with Crippen LogP contribution in [0.25, 0.3) is 0 Å². The van der Waals surface area contributed by atoms with Crippen molar-refractivity contribution < 1.29 is 17.5 Å². The van der Waals surface area contributed by atoms with Crippen molar-refractivity contribution >= 4 is 7.43 Å². The van der Waals surface area contributed by atoms with Crippen LogP contribution in [0.3, 0.4) is 0 Å². The van der Waals surface area contributed by atoms with E-state index in [1.54, 1.807) is 83.5 Å². The average molecular weight is 465 g/mol. The molecule has 0 aromatic rings. The van der Waals surface area contributed by atoms with Crippen LogP contribution < -0.4 is 0 Å². The molecule has 0 aliphatic heterocycles. The van der Waals surface area contributed by atoms with E-state index in [0.29, 0.717) is 0 Å². The molecule has 2 atom stereocenters. The zero-order chi connectivity index (χ0) is 17.3. The summed E-state index contributed by atoms with van der Waals surface area (Å²) in [5.74, 6) is 10.3. The van der Waals surface area contributed by atoms with Gasteiger partial charge in [0.05, 0.1) is 0 Å². The van der Waals surface area contributed by atoms with Crippen LogP contribution >= 0.6 is 7.43 Å². The van der Waals surface area contributed by atoms with Crippen LogP contribution in [0, 0.1) is 58.7 Å². The zero-order valence-corrected chi connectivity index (χ0v) is 19.2. The molecule has 26 heavy (non-hydrogen) atoms. The van der Waals surface area contributed by atoms with Gasteiger partial charge in [0, 0.05) is 0 Å². The maximum absolute atomic E-state index is 3.04. The minimum absolute atomic E-state index is 0.821. The molecule has 8 aliphatic carbocycles. The predicted octanol–water partition coefficient (Wildman–Crippen LogP) is 6.96. The Morgan fingerprint density at radius 1 is 0.731 bits per heavy atom. The summed E-state index contributed by atoms with van der Waals surface area (Å²) >= 11 is 0.918. The van der Waals surface area contributed by atoms with Gasteiger partial charge in [-0.05, 0) is 0 Å². The van der Waals surface area contributed by atoms with Crippen molar-refractivity contribution in [2.24, 2.45) is 58.7 Å². The standard InChI is InChI=1S/C24H37.H2P.Pd/c1-2-3-22(23-20-8-15-4-16(10-20)11-21(23)9-15)24-12-17-5-18(13-24)7-19(6-17)14-24;;/h15-23H,1-14H2;1H2;/q;-1;+1. The van der Waals surface area contributed by atoms with Crippen molar-refractivity contribution in [2.75, 3.05) is 0 Å². The van der Waals surface area contributed by atoms with Crippen molar-refractivity contribution in [1.82, 2.24) is 0 Å². The molecular weight excluding hydrogens is 426 g/mol. The summed E-state index contributed by atoms with van der Waals surface area (Å²) in [4.78, 5) is 1.51. The third-order valence-electron chi connectivity index (χ3n) is 10.4. The van der Waals surface area contributed by atoms with Gasteiger partial charge in [0.15, 0.2) is 0 Å². The van der Waals surface area contributed by atoms with E-state index in [2.05, 4.69) is 7.43 Å². The van der Waals surface area contributed by atoms with Gasteiger partial charge in [0.1, 0.15) is 0 Å². The first-order valence-corrected chi connectivity index (χ1v) is 16.1. The molecule has 150 valence electrons. The molecule has 0 amide bonds. The SMILES string of the molecule is [PH2][Pd][CH2]CCC(C1C2CC3CC(C2)CC1C3)C12CC3CC(CC(C3)C1)C2. The molecule has 0 heterocycles. The van der Waals surface area contributed by atoms with Gasteiger partial charge in [-0.25, -0.2) is 0 Å². The summed E-state index contributed by atoms with van der Waals surface area (Å²) in [6.07, 6.45) is 21.2. The molecule has 0 aromatic heterocycles. The molecule has 0 nitrogen and oxygen atoms in total. The van der Waals surface area contributed by atoms with Gasteiger partial charge in [0.2, 0.25) is 0 Å². The van der Waals surface area contributed by atoms with E-state index >= 15 is 0 Å². The van der Waals surface area contributed by atoms with E-state index in [1.165, 1.54) is 4.89 Å². The van der Waals surface area contributed by atoms with E-state index in [9.17, 15) is 0 Å². The topological polar surface area (TPSA) is 0 Å². The molecule has 0 aromatic carbocycles. The summed E-state index contributed by atoms with van der Waals surface area (Å²) in [6, 6.07) is 0. The van der Waals surface area contributed by atoms with Crippen molar-refractivity contribution in [2.45, 2.75) is 88.4 Å². The van der Waals surface area contributed by atoms with Gasteiger partial charge in [-0.1, -0.05) is 0 Å². The van der Waals surface area contributed by atoms with E-state index in [1.807, 2.05) is 0 Å². The molecule has 8 saturated carbocycles. The van der Waals surface area contributed by atoms with Gasteiger partial charge < -0.3 is 0 Å². The second-order valence-corrected chi connectivity index (χ2v) is 14.8. The van der Waals surface area contributed by atoms with Crippen LogP contribution in [0.4, 0.5) is 0 Å². The van der Waals surface area contributed by atoms with Crippen LogP contribution in [-0.4, -0.2) is 0 Å². The second-order valence-electron chi connectivity index (χ2n) is 11.8. The predicted molar refractivity (Wildman–Crippen MR) is 108 cm³/mol. The Morgan fingerprint density at radius 2 is 1.23 bits per heavy atom. The summed E-state index contributed by atoms with van der Waals surface area (Å²) in [6.45, 7) is 0. The Hall–Kier alpha value is 1.09. The Balaban J connectivity index is 1.31. The monoisotopic (exact) mass is 464 g/mol. The quantitative estimate of drug-likeness (QED) is 0.226. The zero-order valence-electron chi connectivity index (χ0n) is 16.5. The van der Waals surface area contributed by atoms with Crippen molar-refractivity contribution in [3.05, 3.63) is 0 Å². The molecule has 0 spiro atoms. The fourth-order valence-corrected chi connectivity index (χ4v) is 11.9. The van der Waals surface area contributed by atoms with Crippen LogP contribution in [0.15, 0.2) is 0 Å². The molecule has 0 radical (unpaired) electrons. The first-order chi connectivity index (χ1) is 12.7. The van der Waals surface area contributed by atoms with Crippen LogP contribution in [0.2, 0.25) is 4.89 Å². The first kappa shape index (κ1) is 17.9. The minimum atomic E-state index is 0.821. The molecular formula is C24H39PPd. The second kappa shape index (κ2) is 6.82. The molecule has 0 saturated heterocycles. The molecule has 8 fully saturated rings. The summed E-state index contributed by atoms with van der Waals surface area (Å²) in [7, 11) is 3.04. The van der Waals surface area contributed by atoms with E-state index < -0.39 is 0 Å². The van der Waals surface area contributed by atoms with Gasteiger partial charge in [0.25, 0.3) is 0 Å². The first-order valence-electron chi connectivity index (χ1n) is 11.9. The fourth-order valence-electron chi connectivity index (χ4n) is 10.5. The number of hydrogen-bond acceptors (Lipinski definition) is 0. The molecule has 0 N–H and O–H groups in total. The molecule has 8 bridgehead atoms. The summed E-state index contributed by atoms with van der Waals surface area (Å²) in [5, 5.41) is 0. The third kappa shape index (κ3) is 2.88. The van der Waals surface area contributed by atoms with Crippen LogP contribution in [-0.2, 0) is 17.5 Å². The van der Waals surface area contributed by atoms with Crippen molar-refractivity contribution in [3.63, 3.8) is 0 Å². The number of rotatable bonds is 6. The maximum atomic E-state index is 3.04. The van der Waals surface area contributed by atoms with Gasteiger partial charge in [-0.15, -0.1) is 0 Å². The molecule has 2 heteroatoms. The molecule has 2 unspecified atom stereocenters. The third-order valence-corrected chi connectivity index (χ3v) is 12.4. The summed E-state index contributed by atoms with van der Waals surface area (Å²) < 4.78 is 0. The number of hydrogen-bond donors (Lipinski definition) is 0. The van der Waals surface area contributed by atoms with Gasteiger partial charge >= 0.3 is 172 Å². The van der Waals surface area contributed by atoms with Crippen molar-refractivity contribution in [1.29, 1.82) is 0 Å². The summed E-state index contributed by atoms with van der Waals surface area (Å²) in [5.41, 5.74) is 0.821. The fraction of sp³-hybridized carbons (Fsp3) is 1.00. The van der Waals surface area contributed by atoms with E-state index in [0.717, 1.165) is 76.2 Å². The Bertz CT molecular complexity index is 479. The van der Waals surface area contributed by atoms with Gasteiger partial charge in [-0.2, -0.15) is 0 Å². The van der Waals surface area contributed by atoms with Crippen LogP contribution in [0.5, 0.6) is 0 Å². The van der Waals surface area contributed by atoms with Gasteiger partial charge in [-0.3, -0.25) is 0 Å².